The SMILES string of the molecule is CCN(CC)C(=O)NCc1ccc(C)nc1. The van der Waals surface area contributed by atoms with Crippen LogP contribution >= 0.6 is 0 Å². The van der Waals surface area contributed by atoms with Crippen LogP contribution in [0.4, 0.5) is 4.79 Å². The molecule has 0 saturated carbocycles. The molecule has 0 saturated heterocycles. The van der Waals surface area contributed by atoms with Crippen molar-refractivity contribution in [2.24, 2.45) is 0 Å². The lowest BCUT2D eigenvalue weighted by Crippen LogP contribution is -2.39. The Morgan fingerprint density at radius 3 is 2.56 bits per heavy atom. The van der Waals surface area contributed by atoms with E-state index in [9.17, 15) is 4.79 Å². The molecule has 0 fully saturated rings. The molecule has 0 unspecified atom stereocenters. The summed E-state index contributed by atoms with van der Waals surface area (Å²) in [6, 6.07) is 3.90. The summed E-state index contributed by atoms with van der Waals surface area (Å²) in [7, 11) is 0. The number of hydrogen-bond donors (Lipinski definition) is 1. The molecular weight excluding hydrogens is 202 g/mol. The van der Waals surface area contributed by atoms with Gasteiger partial charge in [0, 0.05) is 31.5 Å². The average molecular weight is 221 g/mol. The third-order valence-electron chi connectivity index (χ3n) is 2.47. The van der Waals surface area contributed by atoms with Crippen molar-refractivity contribution < 1.29 is 4.79 Å². The second-order valence-electron chi connectivity index (χ2n) is 3.64. The highest BCUT2D eigenvalue weighted by Gasteiger charge is 2.07. The van der Waals surface area contributed by atoms with Gasteiger partial charge in [-0.2, -0.15) is 0 Å². The Labute approximate surface area is 96.7 Å². The first kappa shape index (κ1) is 12.5. The van der Waals surface area contributed by atoms with E-state index in [4.69, 9.17) is 0 Å². The van der Waals surface area contributed by atoms with E-state index in [1.165, 1.54) is 0 Å². The van der Waals surface area contributed by atoms with Gasteiger partial charge in [-0.25, -0.2) is 4.79 Å². The minimum atomic E-state index is -0.0226. The maximum absolute atomic E-state index is 11.6. The normalized spacial score (nSPS) is 9.94. The zero-order valence-corrected chi connectivity index (χ0v) is 10.2. The van der Waals surface area contributed by atoms with Crippen LogP contribution in [0.2, 0.25) is 0 Å². The van der Waals surface area contributed by atoms with Gasteiger partial charge >= 0.3 is 6.03 Å². The highest BCUT2D eigenvalue weighted by atomic mass is 16.2. The number of amides is 2. The number of nitrogens with zero attached hydrogens (tertiary/aromatic N) is 2. The van der Waals surface area contributed by atoms with E-state index < -0.39 is 0 Å². The summed E-state index contributed by atoms with van der Waals surface area (Å²) < 4.78 is 0. The smallest absolute Gasteiger partial charge is 0.317 e. The van der Waals surface area contributed by atoms with Crippen LogP contribution in [-0.2, 0) is 6.54 Å². The molecule has 0 spiro atoms. The molecule has 16 heavy (non-hydrogen) atoms. The van der Waals surface area contributed by atoms with Crippen LogP contribution in [0, 0.1) is 6.92 Å². The predicted molar refractivity (Wildman–Crippen MR) is 64.1 cm³/mol. The molecule has 88 valence electrons. The highest BCUT2D eigenvalue weighted by Crippen LogP contribution is 1.99. The summed E-state index contributed by atoms with van der Waals surface area (Å²) >= 11 is 0. The Kier molecular flexibility index (Phi) is 4.76. The molecule has 0 aliphatic rings. The van der Waals surface area contributed by atoms with Gasteiger partial charge in [0.05, 0.1) is 0 Å². The topological polar surface area (TPSA) is 45.2 Å². The van der Waals surface area contributed by atoms with Gasteiger partial charge in [-0.15, -0.1) is 0 Å². The maximum atomic E-state index is 11.6. The molecule has 0 aliphatic heterocycles. The van der Waals surface area contributed by atoms with Crippen LogP contribution < -0.4 is 5.32 Å². The molecule has 1 heterocycles. The van der Waals surface area contributed by atoms with E-state index >= 15 is 0 Å². The van der Waals surface area contributed by atoms with Gasteiger partial charge in [-0.1, -0.05) is 6.07 Å². The highest BCUT2D eigenvalue weighted by molar-refractivity contribution is 5.74. The molecule has 4 heteroatoms. The zero-order chi connectivity index (χ0) is 12.0. The van der Waals surface area contributed by atoms with Gasteiger partial charge in [0.2, 0.25) is 0 Å². The number of carbonyl (C=O) groups is 1. The van der Waals surface area contributed by atoms with Gasteiger partial charge in [0.15, 0.2) is 0 Å². The van der Waals surface area contributed by atoms with Gasteiger partial charge in [-0.3, -0.25) is 4.98 Å². The van der Waals surface area contributed by atoms with Crippen molar-refractivity contribution in [3.8, 4) is 0 Å². The number of carbonyl (C=O) groups excluding carboxylic acids is 1. The van der Waals surface area contributed by atoms with Gasteiger partial charge in [0.1, 0.15) is 0 Å². The van der Waals surface area contributed by atoms with Gasteiger partial charge < -0.3 is 10.2 Å². The Bertz CT molecular complexity index is 331. The first-order chi connectivity index (χ1) is 7.67. The Hall–Kier alpha value is -1.58. The van der Waals surface area contributed by atoms with E-state index in [-0.39, 0.29) is 6.03 Å². The fraction of sp³-hybridized carbons (Fsp3) is 0.500. The number of urea groups is 1. The number of pyridine rings is 1. The molecule has 0 atom stereocenters. The fourth-order valence-corrected chi connectivity index (χ4v) is 1.40. The molecule has 4 nitrogen and oxygen atoms in total. The largest absolute Gasteiger partial charge is 0.334 e. The third-order valence-corrected chi connectivity index (χ3v) is 2.47. The maximum Gasteiger partial charge on any atom is 0.317 e. The summed E-state index contributed by atoms with van der Waals surface area (Å²) in [5, 5.41) is 2.87. The number of hydrogen-bond acceptors (Lipinski definition) is 2. The standard InChI is InChI=1S/C12H19N3O/c1-4-15(5-2)12(16)14-9-11-7-6-10(3)13-8-11/h6-8H,4-5,9H2,1-3H3,(H,14,16). The van der Waals surface area contributed by atoms with Crippen LogP contribution in [-0.4, -0.2) is 29.0 Å². The summed E-state index contributed by atoms with van der Waals surface area (Å²) in [6.07, 6.45) is 1.79. The lowest BCUT2D eigenvalue weighted by Gasteiger charge is -2.19. The van der Waals surface area contributed by atoms with Crippen LogP contribution in [0.15, 0.2) is 18.3 Å². The molecule has 2 amide bonds. The van der Waals surface area contributed by atoms with Crippen molar-refractivity contribution in [2.45, 2.75) is 27.3 Å². The number of aryl methyl sites for hydroxylation is 1. The lowest BCUT2D eigenvalue weighted by atomic mass is 10.2. The average Bonchev–Trinajstić information content (AvgIpc) is 2.30. The number of nitrogens with one attached hydrogen (secondary N) is 1. The molecule has 0 aromatic carbocycles. The van der Waals surface area contributed by atoms with Crippen molar-refractivity contribution in [3.05, 3.63) is 29.6 Å². The quantitative estimate of drug-likeness (QED) is 0.844. The van der Waals surface area contributed by atoms with E-state index in [2.05, 4.69) is 10.3 Å². The lowest BCUT2D eigenvalue weighted by molar-refractivity contribution is 0.203. The summed E-state index contributed by atoms with van der Waals surface area (Å²) in [5.41, 5.74) is 2.00. The van der Waals surface area contributed by atoms with Crippen molar-refractivity contribution in [3.63, 3.8) is 0 Å². The molecule has 0 radical (unpaired) electrons. The molecule has 1 rings (SSSR count). The van der Waals surface area contributed by atoms with Gasteiger partial charge in [0.25, 0.3) is 0 Å². The van der Waals surface area contributed by atoms with Crippen LogP contribution in [0.25, 0.3) is 0 Å². The summed E-state index contributed by atoms with van der Waals surface area (Å²) in [4.78, 5) is 17.6. The Morgan fingerprint density at radius 1 is 1.38 bits per heavy atom. The molecule has 0 bridgehead atoms. The minimum Gasteiger partial charge on any atom is -0.334 e. The molecule has 1 N–H and O–H groups in total. The van der Waals surface area contributed by atoms with Crippen LogP contribution in [0.3, 0.4) is 0 Å². The minimum absolute atomic E-state index is 0.0226. The van der Waals surface area contributed by atoms with Crippen LogP contribution in [0.5, 0.6) is 0 Å². The van der Waals surface area contributed by atoms with E-state index in [1.807, 2.05) is 32.9 Å². The molecule has 1 aromatic heterocycles. The van der Waals surface area contributed by atoms with Gasteiger partial charge in [-0.05, 0) is 32.4 Å². The zero-order valence-electron chi connectivity index (χ0n) is 10.2. The number of aromatic nitrogens is 1. The summed E-state index contributed by atoms with van der Waals surface area (Å²) in [5.74, 6) is 0. The molecule has 0 aliphatic carbocycles. The molecular formula is C12H19N3O. The Morgan fingerprint density at radius 2 is 2.06 bits per heavy atom. The van der Waals surface area contributed by atoms with E-state index in [0.29, 0.717) is 6.54 Å². The number of rotatable bonds is 4. The third kappa shape index (κ3) is 3.53. The molecule has 1 aromatic rings. The van der Waals surface area contributed by atoms with Crippen molar-refractivity contribution in [2.75, 3.05) is 13.1 Å². The first-order valence-electron chi connectivity index (χ1n) is 5.61. The summed E-state index contributed by atoms with van der Waals surface area (Å²) in [6.45, 7) is 7.87. The fourth-order valence-electron chi connectivity index (χ4n) is 1.40. The van der Waals surface area contributed by atoms with Crippen molar-refractivity contribution in [1.82, 2.24) is 15.2 Å². The predicted octanol–water partition coefficient (Wildman–Crippen LogP) is 1.94. The second kappa shape index (κ2) is 6.10. The second-order valence-corrected chi connectivity index (χ2v) is 3.64. The van der Waals surface area contributed by atoms with Crippen LogP contribution in [0.1, 0.15) is 25.1 Å². The Balaban J connectivity index is 2.45. The monoisotopic (exact) mass is 221 g/mol. The van der Waals surface area contributed by atoms with Crippen molar-refractivity contribution in [1.29, 1.82) is 0 Å². The van der Waals surface area contributed by atoms with E-state index in [0.717, 1.165) is 24.3 Å². The van der Waals surface area contributed by atoms with Crippen molar-refractivity contribution >= 4 is 6.03 Å². The first-order valence-corrected chi connectivity index (χ1v) is 5.61. The van der Waals surface area contributed by atoms with E-state index in [1.54, 1.807) is 11.1 Å².